The fourth-order valence-electron chi connectivity index (χ4n) is 2.74. The minimum absolute atomic E-state index is 0.132. The summed E-state index contributed by atoms with van der Waals surface area (Å²) in [5, 5.41) is 9.40. The van der Waals surface area contributed by atoms with Crippen LogP contribution in [0.5, 0.6) is 0 Å². The molecule has 1 aromatic heterocycles. The van der Waals surface area contributed by atoms with Crippen LogP contribution in [-0.4, -0.2) is 38.5 Å². The number of carbonyl (C=O) groups is 2. The summed E-state index contributed by atoms with van der Waals surface area (Å²) in [6.07, 6.45) is 3.86. The van der Waals surface area contributed by atoms with Gasteiger partial charge in [-0.15, -0.1) is 0 Å². The number of aryl methyl sites for hydroxylation is 1. The van der Waals surface area contributed by atoms with Crippen LogP contribution in [0.25, 0.3) is 0 Å². The molecule has 1 atom stereocenters. The Morgan fingerprint density at radius 1 is 1.33 bits per heavy atom. The third-order valence-electron chi connectivity index (χ3n) is 4.12. The summed E-state index contributed by atoms with van der Waals surface area (Å²) >= 11 is 0. The summed E-state index contributed by atoms with van der Waals surface area (Å²) in [6, 6.07) is 4.81. The molecule has 6 nitrogen and oxygen atoms in total. The van der Waals surface area contributed by atoms with Gasteiger partial charge >= 0.3 is 5.97 Å². The highest BCUT2D eigenvalue weighted by Crippen LogP contribution is 2.28. The third-order valence-corrected chi connectivity index (χ3v) is 4.12. The zero-order chi connectivity index (χ0) is 15.5. The van der Waals surface area contributed by atoms with Gasteiger partial charge in [0.25, 0.3) is 5.56 Å². The second-order valence-electron chi connectivity index (χ2n) is 5.56. The zero-order valence-electron chi connectivity index (χ0n) is 12.1. The lowest BCUT2D eigenvalue weighted by Gasteiger charge is -2.41. The molecule has 1 fully saturated rings. The maximum atomic E-state index is 12.4. The molecule has 1 aliphatic rings. The second kappa shape index (κ2) is 6.11. The standard InChI is InChI=1S/C15H20N2O4/c1-15(14(20)21)8-3-5-10-17(15)13(19)7-11-16-9-4-2-6-12(16)18/h2,4,6,9H,3,5,7-8,10-11H2,1H3,(H,20,21). The Balaban J connectivity index is 2.07. The van der Waals surface area contributed by atoms with E-state index in [1.807, 2.05) is 0 Å². The SMILES string of the molecule is CC1(C(=O)O)CCCCN1C(=O)CCn1ccccc1=O. The van der Waals surface area contributed by atoms with Crippen molar-refractivity contribution in [1.82, 2.24) is 9.47 Å². The molecule has 6 heteroatoms. The van der Waals surface area contributed by atoms with Crippen LogP contribution in [0.2, 0.25) is 0 Å². The lowest BCUT2D eigenvalue weighted by molar-refractivity contribution is -0.161. The quantitative estimate of drug-likeness (QED) is 0.901. The first-order valence-corrected chi connectivity index (χ1v) is 7.14. The average Bonchev–Trinajstić information content (AvgIpc) is 2.46. The molecule has 1 unspecified atom stereocenters. The van der Waals surface area contributed by atoms with E-state index in [4.69, 9.17) is 0 Å². The first-order chi connectivity index (χ1) is 9.95. The first-order valence-electron chi connectivity index (χ1n) is 7.14. The molecule has 0 bridgehead atoms. The van der Waals surface area contributed by atoms with E-state index in [2.05, 4.69) is 0 Å². The van der Waals surface area contributed by atoms with Crippen LogP contribution in [0.1, 0.15) is 32.6 Å². The highest BCUT2D eigenvalue weighted by atomic mass is 16.4. The van der Waals surface area contributed by atoms with E-state index in [1.165, 1.54) is 15.5 Å². The Morgan fingerprint density at radius 3 is 2.76 bits per heavy atom. The Hall–Kier alpha value is -2.11. The molecule has 0 spiro atoms. The van der Waals surface area contributed by atoms with E-state index in [-0.39, 0.29) is 24.4 Å². The molecular formula is C15H20N2O4. The number of aliphatic carboxylic acids is 1. The van der Waals surface area contributed by atoms with Crippen LogP contribution in [0, 0.1) is 0 Å². The van der Waals surface area contributed by atoms with E-state index < -0.39 is 11.5 Å². The molecular weight excluding hydrogens is 272 g/mol. The van der Waals surface area contributed by atoms with Crippen LogP contribution in [-0.2, 0) is 16.1 Å². The predicted octanol–water partition coefficient (Wildman–Crippen LogP) is 1.09. The lowest BCUT2D eigenvalue weighted by atomic mass is 9.88. The van der Waals surface area contributed by atoms with Crippen molar-refractivity contribution in [2.24, 2.45) is 0 Å². The van der Waals surface area contributed by atoms with E-state index >= 15 is 0 Å². The maximum Gasteiger partial charge on any atom is 0.329 e. The van der Waals surface area contributed by atoms with Gasteiger partial charge in [-0.05, 0) is 32.3 Å². The number of nitrogens with zero attached hydrogens (tertiary/aromatic N) is 2. The van der Waals surface area contributed by atoms with Gasteiger partial charge in [-0.25, -0.2) is 4.79 Å². The fraction of sp³-hybridized carbons (Fsp3) is 0.533. The summed E-state index contributed by atoms with van der Waals surface area (Å²) in [5.74, 6) is -1.18. The van der Waals surface area contributed by atoms with Gasteiger partial charge in [0, 0.05) is 31.8 Å². The second-order valence-corrected chi connectivity index (χ2v) is 5.56. The predicted molar refractivity (Wildman–Crippen MR) is 76.9 cm³/mol. The molecule has 0 radical (unpaired) electrons. The van der Waals surface area contributed by atoms with E-state index in [1.54, 1.807) is 25.3 Å². The Morgan fingerprint density at radius 2 is 2.10 bits per heavy atom. The molecule has 1 aliphatic heterocycles. The van der Waals surface area contributed by atoms with Gasteiger partial charge in [0.05, 0.1) is 0 Å². The first kappa shape index (κ1) is 15.3. The fourth-order valence-corrected chi connectivity index (χ4v) is 2.74. The molecule has 1 saturated heterocycles. The number of hydrogen-bond acceptors (Lipinski definition) is 3. The number of piperidine rings is 1. The number of carboxylic acid groups (broad SMARTS) is 1. The average molecular weight is 292 g/mol. The minimum Gasteiger partial charge on any atom is -0.480 e. The van der Waals surface area contributed by atoms with Crippen molar-refractivity contribution < 1.29 is 14.7 Å². The van der Waals surface area contributed by atoms with Gasteiger partial charge < -0.3 is 14.6 Å². The topological polar surface area (TPSA) is 79.6 Å². The Kier molecular flexibility index (Phi) is 4.45. The summed E-state index contributed by atoms with van der Waals surface area (Å²) in [6.45, 7) is 2.33. The van der Waals surface area contributed by atoms with Crippen LogP contribution in [0.4, 0.5) is 0 Å². The number of carboxylic acids is 1. The molecule has 0 aliphatic carbocycles. The molecule has 2 rings (SSSR count). The Labute approximate surface area is 123 Å². The number of rotatable bonds is 4. The number of pyridine rings is 1. The monoisotopic (exact) mass is 292 g/mol. The van der Waals surface area contributed by atoms with Crippen molar-refractivity contribution in [3.05, 3.63) is 34.7 Å². The van der Waals surface area contributed by atoms with Crippen LogP contribution in [0.3, 0.4) is 0 Å². The van der Waals surface area contributed by atoms with Crippen LogP contribution >= 0.6 is 0 Å². The van der Waals surface area contributed by atoms with Gasteiger partial charge in [0.1, 0.15) is 5.54 Å². The van der Waals surface area contributed by atoms with E-state index in [0.29, 0.717) is 13.0 Å². The number of aromatic nitrogens is 1. The van der Waals surface area contributed by atoms with Gasteiger partial charge in [0.2, 0.25) is 5.91 Å². The molecule has 0 saturated carbocycles. The molecule has 1 aromatic rings. The third kappa shape index (κ3) is 3.15. The molecule has 2 heterocycles. The van der Waals surface area contributed by atoms with Gasteiger partial charge in [-0.3, -0.25) is 9.59 Å². The number of carbonyl (C=O) groups excluding carboxylic acids is 1. The highest BCUT2D eigenvalue weighted by molar-refractivity contribution is 5.87. The summed E-state index contributed by atoms with van der Waals surface area (Å²) in [5.41, 5.74) is -1.29. The number of hydrogen-bond donors (Lipinski definition) is 1. The van der Waals surface area contributed by atoms with Crippen molar-refractivity contribution >= 4 is 11.9 Å². The highest BCUT2D eigenvalue weighted by Gasteiger charge is 2.43. The number of likely N-dealkylation sites (tertiary alicyclic amines) is 1. The molecule has 1 amide bonds. The van der Waals surface area contributed by atoms with Crippen molar-refractivity contribution in [3.8, 4) is 0 Å². The van der Waals surface area contributed by atoms with Crippen LogP contribution in [0.15, 0.2) is 29.2 Å². The zero-order valence-corrected chi connectivity index (χ0v) is 12.1. The molecule has 0 aromatic carbocycles. The van der Waals surface area contributed by atoms with Crippen LogP contribution < -0.4 is 5.56 Å². The summed E-state index contributed by atoms with van der Waals surface area (Å²) in [4.78, 5) is 36.9. The molecule has 114 valence electrons. The van der Waals surface area contributed by atoms with E-state index in [0.717, 1.165) is 12.8 Å². The van der Waals surface area contributed by atoms with Crippen molar-refractivity contribution in [1.29, 1.82) is 0 Å². The van der Waals surface area contributed by atoms with Gasteiger partial charge in [0.15, 0.2) is 0 Å². The smallest absolute Gasteiger partial charge is 0.329 e. The Bertz CT molecular complexity index is 595. The lowest BCUT2D eigenvalue weighted by Crippen LogP contribution is -2.57. The van der Waals surface area contributed by atoms with Crippen molar-refractivity contribution in [2.75, 3.05) is 6.54 Å². The number of amides is 1. The summed E-state index contributed by atoms with van der Waals surface area (Å²) in [7, 11) is 0. The maximum absolute atomic E-state index is 12.4. The molecule has 21 heavy (non-hydrogen) atoms. The largest absolute Gasteiger partial charge is 0.480 e. The normalized spacial score (nSPS) is 22.0. The van der Waals surface area contributed by atoms with Gasteiger partial charge in [-0.1, -0.05) is 6.07 Å². The summed E-state index contributed by atoms with van der Waals surface area (Å²) < 4.78 is 1.46. The van der Waals surface area contributed by atoms with E-state index in [9.17, 15) is 19.5 Å². The van der Waals surface area contributed by atoms with Crippen molar-refractivity contribution in [3.63, 3.8) is 0 Å². The molecule has 1 N–H and O–H groups in total. The van der Waals surface area contributed by atoms with Crippen molar-refractivity contribution in [2.45, 2.75) is 44.7 Å². The minimum atomic E-state index is -1.13. The van der Waals surface area contributed by atoms with Gasteiger partial charge in [-0.2, -0.15) is 0 Å².